The van der Waals surface area contributed by atoms with Crippen LogP contribution in [0.4, 0.5) is 0 Å². The van der Waals surface area contributed by atoms with E-state index in [0.717, 1.165) is 0 Å². The lowest BCUT2D eigenvalue weighted by Crippen LogP contribution is -2.52. The summed E-state index contributed by atoms with van der Waals surface area (Å²) < 4.78 is 10.6. The summed E-state index contributed by atoms with van der Waals surface area (Å²) >= 11 is 0. The second kappa shape index (κ2) is 5.79. The van der Waals surface area contributed by atoms with Gasteiger partial charge in [-0.25, -0.2) is 0 Å². The van der Waals surface area contributed by atoms with Crippen LogP contribution >= 0.6 is 0 Å². The smallest absolute Gasteiger partial charge is 0.239 e. The zero-order chi connectivity index (χ0) is 13.0. The van der Waals surface area contributed by atoms with Crippen LogP contribution in [-0.4, -0.2) is 49.9 Å². The fourth-order valence-corrected chi connectivity index (χ4v) is 1.98. The Labute approximate surface area is 105 Å². The summed E-state index contributed by atoms with van der Waals surface area (Å²) in [7, 11) is 1.60. The van der Waals surface area contributed by atoms with E-state index in [-0.39, 0.29) is 11.9 Å². The minimum atomic E-state index is -0.312. The standard InChI is InChI=1S/C12H16N2O4/c1-13-12(16)11-8-17-5-4-14(11)6-9-2-3-10(7-15)18-9/h2-3,7,11H,4-6,8H2,1H3,(H,13,16). The van der Waals surface area contributed by atoms with Gasteiger partial charge in [-0.15, -0.1) is 0 Å². The molecule has 1 aliphatic rings. The Morgan fingerprint density at radius 1 is 1.61 bits per heavy atom. The molecule has 1 fully saturated rings. The second-order valence-corrected chi connectivity index (χ2v) is 4.10. The summed E-state index contributed by atoms with van der Waals surface area (Å²) in [5, 5.41) is 2.62. The lowest BCUT2D eigenvalue weighted by atomic mass is 10.2. The number of furan rings is 1. The van der Waals surface area contributed by atoms with Gasteiger partial charge in [-0.2, -0.15) is 0 Å². The number of amides is 1. The molecule has 0 aromatic carbocycles. The second-order valence-electron chi connectivity index (χ2n) is 4.10. The molecule has 1 aromatic heterocycles. The van der Waals surface area contributed by atoms with E-state index in [2.05, 4.69) is 5.32 Å². The molecule has 0 bridgehead atoms. The molecule has 2 heterocycles. The highest BCUT2D eigenvalue weighted by atomic mass is 16.5. The van der Waals surface area contributed by atoms with Gasteiger partial charge >= 0.3 is 0 Å². The average molecular weight is 252 g/mol. The predicted molar refractivity (Wildman–Crippen MR) is 63.2 cm³/mol. The molecule has 0 aliphatic carbocycles. The highest BCUT2D eigenvalue weighted by molar-refractivity contribution is 5.81. The highest BCUT2D eigenvalue weighted by Crippen LogP contribution is 2.14. The predicted octanol–water partition coefficient (Wildman–Crippen LogP) is 0.0389. The van der Waals surface area contributed by atoms with Gasteiger partial charge in [0.25, 0.3) is 0 Å². The van der Waals surface area contributed by atoms with Crippen molar-refractivity contribution in [3.63, 3.8) is 0 Å². The third-order valence-electron chi connectivity index (χ3n) is 2.95. The number of rotatable bonds is 4. The molecular weight excluding hydrogens is 236 g/mol. The molecule has 98 valence electrons. The molecule has 1 saturated heterocycles. The average Bonchev–Trinajstić information content (AvgIpc) is 2.86. The maximum atomic E-state index is 11.7. The molecule has 1 N–H and O–H groups in total. The largest absolute Gasteiger partial charge is 0.457 e. The van der Waals surface area contributed by atoms with E-state index in [0.29, 0.717) is 44.1 Å². The molecule has 18 heavy (non-hydrogen) atoms. The summed E-state index contributed by atoms with van der Waals surface area (Å²) in [5.74, 6) is 0.902. The molecule has 1 amide bonds. The number of nitrogens with zero attached hydrogens (tertiary/aromatic N) is 1. The van der Waals surface area contributed by atoms with Crippen molar-refractivity contribution in [3.8, 4) is 0 Å². The summed E-state index contributed by atoms with van der Waals surface area (Å²) in [6.45, 7) is 2.13. The first kappa shape index (κ1) is 12.8. The van der Waals surface area contributed by atoms with E-state index < -0.39 is 0 Å². The Morgan fingerprint density at radius 3 is 3.11 bits per heavy atom. The number of ether oxygens (including phenoxy) is 1. The number of hydrogen-bond acceptors (Lipinski definition) is 5. The molecule has 1 aromatic rings. The van der Waals surface area contributed by atoms with Gasteiger partial charge in [0.15, 0.2) is 12.0 Å². The molecule has 0 radical (unpaired) electrons. The Kier molecular flexibility index (Phi) is 4.11. The Morgan fingerprint density at radius 2 is 2.44 bits per heavy atom. The van der Waals surface area contributed by atoms with E-state index in [4.69, 9.17) is 9.15 Å². The van der Waals surface area contributed by atoms with Crippen molar-refractivity contribution in [1.82, 2.24) is 10.2 Å². The Bertz CT molecular complexity index is 429. The van der Waals surface area contributed by atoms with Crippen LogP contribution in [0, 0.1) is 0 Å². The van der Waals surface area contributed by atoms with Crippen molar-refractivity contribution in [2.75, 3.05) is 26.8 Å². The van der Waals surface area contributed by atoms with Crippen molar-refractivity contribution in [2.45, 2.75) is 12.6 Å². The maximum absolute atomic E-state index is 11.7. The first-order valence-corrected chi connectivity index (χ1v) is 5.82. The fraction of sp³-hybridized carbons (Fsp3) is 0.500. The van der Waals surface area contributed by atoms with E-state index >= 15 is 0 Å². The van der Waals surface area contributed by atoms with Gasteiger partial charge in [0.05, 0.1) is 19.8 Å². The maximum Gasteiger partial charge on any atom is 0.239 e. The third kappa shape index (κ3) is 2.77. The minimum Gasteiger partial charge on any atom is -0.457 e. The van der Waals surface area contributed by atoms with Crippen LogP contribution in [0.1, 0.15) is 16.3 Å². The molecule has 1 aliphatic heterocycles. The van der Waals surface area contributed by atoms with Crippen LogP contribution < -0.4 is 5.32 Å². The van der Waals surface area contributed by atoms with Gasteiger partial charge in [0.2, 0.25) is 5.91 Å². The third-order valence-corrected chi connectivity index (χ3v) is 2.95. The number of likely N-dealkylation sites (N-methyl/N-ethyl adjacent to an activating group) is 1. The van der Waals surface area contributed by atoms with Crippen LogP contribution in [0.2, 0.25) is 0 Å². The topological polar surface area (TPSA) is 71.8 Å². The van der Waals surface area contributed by atoms with Gasteiger partial charge in [-0.3, -0.25) is 14.5 Å². The first-order valence-electron chi connectivity index (χ1n) is 5.82. The molecule has 0 spiro atoms. The van der Waals surface area contributed by atoms with Crippen LogP contribution in [0.25, 0.3) is 0 Å². The number of morpholine rings is 1. The molecule has 6 nitrogen and oxygen atoms in total. The van der Waals surface area contributed by atoms with Crippen LogP contribution in [-0.2, 0) is 16.1 Å². The lowest BCUT2D eigenvalue weighted by molar-refractivity contribution is -0.132. The first-order chi connectivity index (χ1) is 8.74. The van der Waals surface area contributed by atoms with Gasteiger partial charge in [-0.1, -0.05) is 0 Å². The van der Waals surface area contributed by atoms with Crippen molar-refractivity contribution in [1.29, 1.82) is 0 Å². The highest BCUT2D eigenvalue weighted by Gasteiger charge is 2.29. The number of nitrogens with one attached hydrogen (secondary N) is 1. The quantitative estimate of drug-likeness (QED) is 0.766. The van der Waals surface area contributed by atoms with Crippen molar-refractivity contribution in [3.05, 3.63) is 23.7 Å². The zero-order valence-corrected chi connectivity index (χ0v) is 10.2. The summed E-state index contributed by atoms with van der Waals surface area (Å²) in [6.07, 6.45) is 0.666. The number of aldehydes is 1. The molecular formula is C12H16N2O4. The normalized spacial score (nSPS) is 20.6. The van der Waals surface area contributed by atoms with Gasteiger partial charge in [0.1, 0.15) is 11.8 Å². The van der Waals surface area contributed by atoms with Crippen molar-refractivity contribution < 1.29 is 18.7 Å². The number of carbonyl (C=O) groups is 2. The Balaban J connectivity index is 2.04. The molecule has 1 atom stereocenters. The van der Waals surface area contributed by atoms with Gasteiger partial charge in [0, 0.05) is 13.6 Å². The Hall–Kier alpha value is -1.66. The fourth-order valence-electron chi connectivity index (χ4n) is 1.98. The van der Waals surface area contributed by atoms with E-state index in [1.807, 2.05) is 4.90 Å². The number of hydrogen-bond donors (Lipinski definition) is 1. The van der Waals surface area contributed by atoms with Crippen LogP contribution in [0.5, 0.6) is 0 Å². The summed E-state index contributed by atoms with van der Waals surface area (Å²) in [5.41, 5.74) is 0. The molecule has 6 heteroatoms. The molecule has 2 rings (SSSR count). The monoisotopic (exact) mass is 252 g/mol. The zero-order valence-electron chi connectivity index (χ0n) is 10.2. The SMILES string of the molecule is CNC(=O)C1COCCN1Cc1ccc(C=O)o1. The van der Waals surface area contributed by atoms with Gasteiger partial charge < -0.3 is 14.5 Å². The lowest BCUT2D eigenvalue weighted by Gasteiger charge is -2.33. The van der Waals surface area contributed by atoms with Crippen LogP contribution in [0.15, 0.2) is 16.5 Å². The van der Waals surface area contributed by atoms with E-state index in [1.165, 1.54) is 0 Å². The van der Waals surface area contributed by atoms with E-state index in [1.54, 1.807) is 19.2 Å². The molecule has 1 unspecified atom stereocenters. The van der Waals surface area contributed by atoms with E-state index in [9.17, 15) is 9.59 Å². The van der Waals surface area contributed by atoms with Gasteiger partial charge in [-0.05, 0) is 12.1 Å². The van der Waals surface area contributed by atoms with Crippen LogP contribution in [0.3, 0.4) is 0 Å². The van der Waals surface area contributed by atoms with Crippen molar-refractivity contribution >= 4 is 12.2 Å². The summed E-state index contributed by atoms with van der Waals surface area (Å²) in [6, 6.07) is 3.06. The summed E-state index contributed by atoms with van der Waals surface area (Å²) in [4.78, 5) is 24.2. The molecule has 0 saturated carbocycles. The minimum absolute atomic E-state index is 0.0723. The van der Waals surface area contributed by atoms with Crippen molar-refractivity contribution in [2.24, 2.45) is 0 Å². The number of carbonyl (C=O) groups excluding carboxylic acids is 2.